The highest BCUT2D eigenvalue weighted by Gasteiger charge is 2.19. The lowest BCUT2D eigenvalue weighted by Crippen LogP contribution is -2.35. The second-order valence-corrected chi connectivity index (χ2v) is 6.32. The molecule has 0 radical (unpaired) electrons. The van der Waals surface area contributed by atoms with Gasteiger partial charge in [0.15, 0.2) is 17.3 Å². The van der Waals surface area contributed by atoms with Gasteiger partial charge in [0, 0.05) is 12.6 Å². The molecule has 0 aliphatic carbocycles. The number of rotatable bonds is 7. The van der Waals surface area contributed by atoms with Gasteiger partial charge in [-0.25, -0.2) is 13.5 Å². The van der Waals surface area contributed by atoms with Gasteiger partial charge in [0.2, 0.25) is 0 Å². The first-order valence-corrected chi connectivity index (χ1v) is 8.69. The number of aliphatic hydroxyl groups is 1. The Kier molecular flexibility index (Phi) is 8.09. The highest BCUT2D eigenvalue weighted by molar-refractivity contribution is 5.91. The summed E-state index contributed by atoms with van der Waals surface area (Å²) in [6, 6.07) is 3.29. The lowest BCUT2D eigenvalue weighted by Gasteiger charge is -2.22. The molecule has 28 heavy (non-hydrogen) atoms. The van der Waals surface area contributed by atoms with Crippen LogP contribution in [0.5, 0.6) is 5.75 Å². The van der Waals surface area contributed by atoms with Gasteiger partial charge in [0.1, 0.15) is 18.5 Å². The average molecular weight is 418 g/mol. The number of nitrogens with zero attached hydrogens (tertiary/aromatic N) is 3. The SMILES string of the molecule is Cl.O=C(NCC(O)COc1ccc(F)c(F)c1)c1cn(C2CCNCC2)nn1. The highest BCUT2D eigenvalue weighted by Crippen LogP contribution is 2.17. The Morgan fingerprint density at radius 1 is 1.36 bits per heavy atom. The van der Waals surface area contributed by atoms with E-state index in [4.69, 9.17) is 4.74 Å². The van der Waals surface area contributed by atoms with E-state index in [1.807, 2.05) is 0 Å². The molecule has 1 aliphatic heterocycles. The largest absolute Gasteiger partial charge is 0.491 e. The van der Waals surface area contributed by atoms with E-state index in [2.05, 4.69) is 20.9 Å². The first kappa shape index (κ1) is 22.0. The Bertz CT molecular complexity index is 786. The minimum atomic E-state index is -1.04. The van der Waals surface area contributed by atoms with Crippen molar-refractivity contribution in [2.75, 3.05) is 26.2 Å². The van der Waals surface area contributed by atoms with Gasteiger partial charge < -0.3 is 20.5 Å². The molecule has 3 N–H and O–H groups in total. The predicted molar refractivity (Wildman–Crippen MR) is 98.6 cm³/mol. The molecule has 0 saturated carbocycles. The lowest BCUT2D eigenvalue weighted by atomic mass is 10.1. The summed E-state index contributed by atoms with van der Waals surface area (Å²) in [6.45, 7) is 1.53. The average Bonchev–Trinajstić information content (AvgIpc) is 3.18. The smallest absolute Gasteiger partial charge is 0.273 e. The van der Waals surface area contributed by atoms with Gasteiger partial charge in [0.25, 0.3) is 5.91 Å². The molecule has 1 atom stereocenters. The monoisotopic (exact) mass is 417 g/mol. The molecule has 0 bridgehead atoms. The normalized spacial score (nSPS) is 15.5. The van der Waals surface area contributed by atoms with E-state index in [-0.39, 0.29) is 43.0 Å². The Labute approximate surface area is 166 Å². The molecule has 8 nitrogen and oxygen atoms in total. The van der Waals surface area contributed by atoms with Gasteiger partial charge in [-0.3, -0.25) is 4.79 Å². The minimum Gasteiger partial charge on any atom is -0.491 e. The van der Waals surface area contributed by atoms with Crippen molar-refractivity contribution in [2.24, 2.45) is 0 Å². The first-order valence-electron chi connectivity index (χ1n) is 8.69. The van der Waals surface area contributed by atoms with Gasteiger partial charge in [-0.05, 0) is 38.1 Å². The van der Waals surface area contributed by atoms with Crippen molar-refractivity contribution in [1.29, 1.82) is 0 Å². The summed E-state index contributed by atoms with van der Waals surface area (Å²) < 4.78 is 32.8. The summed E-state index contributed by atoms with van der Waals surface area (Å²) in [7, 11) is 0. The van der Waals surface area contributed by atoms with E-state index in [1.165, 1.54) is 6.07 Å². The van der Waals surface area contributed by atoms with E-state index in [1.54, 1.807) is 10.9 Å². The zero-order valence-electron chi connectivity index (χ0n) is 15.0. The molecule has 154 valence electrons. The number of ether oxygens (including phenoxy) is 1. The van der Waals surface area contributed by atoms with Crippen LogP contribution in [0.25, 0.3) is 0 Å². The summed E-state index contributed by atoms with van der Waals surface area (Å²) in [4.78, 5) is 12.1. The fourth-order valence-electron chi connectivity index (χ4n) is 2.75. The summed E-state index contributed by atoms with van der Waals surface area (Å²) >= 11 is 0. The number of piperidine rings is 1. The quantitative estimate of drug-likeness (QED) is 0.623. The summed E-state index contributed by atoms with van der Waals surface area (Å²) in [6.07, 6.45) is 2.41. The molecule has 2 aromatic rings. The van der Waals surface area contributed by atoms with E-state index in [0.29, 0.717) is 0 Å². The number of hydrogen-bond acceptors (Lipinski definition) is 6. The number of carbonyl (C=O) groups is 1. The zero-order chi connectivity index (χ0) is 19.2. The Morgan fingerprint density at radius 2 is 2.11 bits per heavy atom. The first-order chi connectivity index (χ1) is 13.0. The van der Waals surface area contributed by atoms with Crippen LogP contribution in [0.1, 0.15) is 29.4 Å². The molecule has 1 aromatic carbocycles. The molecule has 1 aromatic heterocycles. The van der Waals surface area contributed by atoms with Crippen molar-refractivity contribution in [3.8, 4) is 5.75 Å². The van der Waals surface area contributed by atoms with Gasteiger partial charge in [-0.1, -0.05) is 5.21 Å². The number of hydrogen-bond donors (Lipinski definition) is 3. The zero-order valence-corrected chi connectivity index (χ0v) is 15.8. The number of benzene rings is 1. The van der Waals surface area contributed by atoms with E-state index >= 15 is 0 Å². The summed E-state index contributed by atoms with van der Waals surface area (Å²) in [5.74, 6) is -2.38. The van der Waals surface area contributed by atoms with Crippen molar-refractivity contribution in [3.63, 3.8) is 0 Å². The van der Waals surface area contributed by atoms with Gasteiger partial charge in [0.05, 0.1) is 12.2 Å². The number of halogens is 3. The maximum atomic E-state index is 13.1. The van der Waals surface area contributed by atoms with Crippen LogP contribution in [-0.2, 0) is 0 Å². The molecule has 11 heteroatoms. The van der Waals surface area contributed by atoms with Crippen LogP contribution in [0.2, 0.25) is 0 Å². The lowest BCUT2D eigenvalue weighted by molar-refractivity contribution is 0.0839. The van der Waals surface area contributed by atoms with Crippen molar-refractivity contribution in [1.82, 2.24) is 25.6 Å². The van der Waals surface area contributed by atoms with E-state index in [0.717, 1.165) is 38.1 Å². The molecule has 1 saturated heterocycles. The van der Waals surface area contributed by atoms with Crippen LogP contribution in [0.4, 0.5) is 8.78 Å². The molecule has 1 fully saturated rings. The van der Waals surface area contributed by atoms with Gasteiger partial charge in [-0.2, -0.15) is 0 Å². The number of aromatic nitrogens is 3. The summed E-state index contributed by atoms with van der Waals surface area (Å²) in [5.41, 5.74) is 0.169. The van der Waals surface area contributed by atoms with Crippen molar-refractivity contribution >= 4 is 18.3 Å². The van der Waals surface area contributed by atoms with Crippen LogP contribution in [-0.4, -0.2) is 58.4 Å². The van der Waals surface area contributed by atoms with Crippen LogP contribution >= 0.6 is 12.4 Å². The van der Waals surface area contributed by atoms with Crippen LogP contribution < -0.4 is 15.4 Å². The maximum absolute atomic E-state index is 13.1. The molecule has 3 rings (SSSR count). The second-order valence-electron chi connectivity index (χ2n) is 6.32. The Balaban J connectivity index is 0.00000280. The number of nitrogens with one attached hydrogen (secondary N) is 2. The van der Waals surface area contributed by atoms with Crippen molar-refractivity contribution in [2.45, 2.75) is 25.0 Å². The van der Waals surface area contributed by atoms with Crippen LogP contribution in [0, 0.1) is 11.6 Å². The Morgan fingerprint density at radius 3 is 2.82 bits per heavy atom. The minimum absolute atomic E-state index is 0. The van der Waals surface area contributed by atoms with Gasteiger partial charge >= 0.3 is 0 Å². The van der Waals surface area contributed by atoms with Gasteiger partial charge in [-0.15, -0.1) is 17.5 Å². The third kappa shape index (κ3) is 5.85. The standard InChI is InChI=1S/C17H21F2N5O3.ClH/c18-14-2-1-13(7-15(14)19)27-10-12(25)8-21-17(26)16-9-24(23-22-16)11-3-5-20-6-4-11;/h1-2,7,9,11-12,20,25H,3-6,8,10H2,(H,21,26);1H. The number of carbonyl (C=O) groups excluding carboxylic acids is 1. The van der Waals surface area contributed by atoms with Crippen molar-refractivity contribution < 1.29 is 23.4 Å². The van der Waals surface area contributed by atoms with E-state index < -0.39 is 23.6 Å². The van der Waals surface area contributed by atoms with Crippen LogP contribution in [0.15, 0.2) is 24.4 Å². The predicted octanol–water partition coefficient (Wildman–Crippen LogP) is 1.07. The Hall–Kier alpha value is -2.30. The molecular formula is C17H22ClF2N5O3. The van der Waals surface area contributed by atoms with Crippen molar-refractivity contribution in [3.05, 3.63) is 41.7 Å². The molecule has 1 amide bonds. The third-order valence-electron chi connectivity index (χ3n) is 4.26. The molecular weight excluding hydrogens is 396 g/mol. The maximum Gasteiger partial charge on any atom is 0.273 e. The molecule has 2 heterocycles. The fraction of sp³-hybridized carbons (Fsp3) is 0.471. The molecule has 1 unspecified atom stereocenters. The highest BCUT2D eigenvalue weighted by atomic mass is 35.5. The van der Waals surface area contributed by atoms with E-state index in [9.17, 15) is 18.7 Å². The molecule has 0 spiro atoms. The topological polar surface area (TPSA) is 101 Å². The van der Waals surface area contributed by atoms with Crippen LogP contribution in [0.3, 0.4) is 0 Å². The fourth-order valence-corrected chi connectivity index (χ4v) is 2.75. The number of aliphatic hydroxyl groups excluding tert-OH is 1. The number of amides is 1. The third-order valence-corrected chi connectivity index (χ3v) is 4.26. The summed E-state index contributed by atoms with van der Waals surface area (Å²) in [5, 5.41) is 23.6. The second kappa shape index (κ2) is 10.3. The molecule has 1 aliphatic rings.